The van der Waals surface area contributed by atoms with Gasteiger partial charge in [0.2, 0.25) is 21.8 Å². The van der Waals surface area contributed by atoms with Crippen LogP contribution >= 0.6 is 15.9 Å². The second-order valence-corrected chi connectivity index (χ2v) is 11.6. The van der Waals surface area contributed by atoms with Gasteiger partial charge in [0.1, 0.15) is 12.6 Å². The lowest BCUT2D eigenvalue weighted by molar-refractivity contribution is -0.139. The molecule has 3 aromatic rings. The molecule has 0 saturated carbocycles. The van der Waals surface area contributed by atoms with Crippen molar-refractivity contribution in [1.82, 2.24) is 10.2 Å². The third-order valence-corrected chi connectivity index (χ3v) is 7.59. The number of rotatable bonds is 10. The highest BCUT2D eigenvalue weighted by atomic mass is 79.9. The fourth-order valence-electron chi connectivity index (χ4n) is 3.96. The summed E-state index contributed by atoms with van der Waals surface area (Å²) in [5.74, 6) is -1.24. The van der Waals surface area contributed by atoms with Crippen molar-refractivity contribution in [1.29, 1.82) is 0 Å². The third kappa shape index (κ3) is 8.30. The number of carbonyl (C=O) groups is 2. The maximum atomic E-state index is 13.8. The average Bonchev–Trinajstić information content (AvgIpc) is 2.89. The van der Waals surface area contributed by atoms with Gasteiger partial charge in [0, 0.05) is 24.5 Å². The molecular weight excluding hydrogens is 599 g/mol. The minimum atomic E-state index is -4.71. The quantitative estimate of drug-likeness (QED) is 0.356. The number of alkyl halides is 3. The van der Waals surface area contributed by atoms with Gasteiger partial charge in [0.25, 0.3) is 0 Å². The molecule has 0 aliphatic heterocycles. The molecule has 0 aliphatic carbocycles. The highest BCUT2D eigenvalue weighted by Crippen LogP contribution is 2.32. The van der Waals surface area contributed by atoms with Crippen molar-refractivity contribution >= 4 is 43.5 Å². The van der Waals surface area contributed by atoms with Gasteiger partial charge < -0.3 is 10.2 Å². The van der Waals surface area contributed by atoms with Crippen molar-refractivity contribution < 1.29 is 31.2 Å². The first-order valence-corrected chi connectivity index (χ1v) is 14.4. The zero-order chi connectivity index (χ0) is 28.8. The van der Waals surface area contributed by atoms with Crippen molar-refractivity contribution in [2.45, 2.75) is 25.2 Å². The standard InChI is InChI=1S/C27H27BrF3N3O4S/c1-32-26(36)24(15-19-7-4-3-5-8-19)33(17-20-11-13-22(28)14-12-20)25(35)18-34(39(2,37)38)23-10-6-9-21(16-23)27(29,30)31/h3-14,16,24H,15,17-18H2,1-2H3,(H,32,36)/t24-/m1/s1. The van der Waals surface area contributed by atoms with E-state index < -0.39 is 46.2 Å². The van der Waals surface area contributed by atoms with E-state index in [4.69, 9.17) is 0 Å². The number of anilines is 1. The number of nitrogens with zero attached hydrogens (tertiary/aromatic N) is 2. The fourth-order valence-corrected chi connectivity index (χ4v) is 5.06. The molecule has 0 fully saturated rings. The van der Waals surface area contributed by atoms with Crippen LogP contribution in [-0.2, 0) is 38.8 Å². The van der Waals surface area contributed by atoms with Gasteiger partial charge in [-0.25, -0.2) is 8.42 Å². The molecule has 0 radical (unpaired) electrons. The van der Waals surface area contributed by atoms with Crippen molar-refractivity contribution in [3.05, 3.63) is 100 Å². The molecule has 0 spiro atoms. The first-order chi connectivity index (χ1) is 18.3. The normalized spacial score (nSPS) is 12.5. The van der Waals surface area contributed by atoms with E-state index in [2.05, 4.69) is 21.2 Å². The Morgan fingerprint density at radius 2 is 1.59 bits per heavy atom. The summed E-state index contributed by atoms with van der Waals surface area (Å²) < 4.78 is 66.8. The van der Waals surface area contributed by atoms with E-state index in [1.54, 1.807) is 48.5 Å². The van der Waals surface area contributed by atoms with Crippen LogP contribution in [0.2, 0.25) is 0 Å². The van der Waals surface area contributed by atoms with E-state index in [0.29, 0.717) is 15.9 Å². The summed E-state index contributed by atoms with van der Waals surface area (Å²) in [6, 6.07) is 18.7. The van der Waals surface area contributed by atoms with E-state index in [1.165, 1.54) is 18.0 Å². The first kappa shape index (κ1) is 30.2. The minimum absolute atomic E-state index is 0.0444. The number of nitrogens with one attached hydrogen (secondary N) is 1. The van der Waals surface area contributed by atoms with Gasteiger partial charge in [-0.15, -0.1) is 0 Å². The molecule has 3 rings (SSSR count). The molecule has 0 bridgehead atoms. The summed E-state index contributed by atoms with van der Waals surface area (Å²) in [6.07, 6.45) is -3.78. The van der Waals surface area contributed by atoms with Crippen LogP contribution in [0.4, 0.5) is 18.9 Å². The number of sulfonamides is 1. The molecule has 0 aromatic heterocycles. The largest absolute Gasteiger partial charge is 0.416 e. The van der Waals surface area contributed by atoms with Crippen LogP contribution < -0.4 is 9.62 Å². The van der Waals surface area contributed by atoms with Crippen LogP contribution in [-0.4, -0.2) is 51.0 Å². The summed E-state index contributed by atoms with van der Waals surface area (Å²) in [5.41, 5.74) is 0.0556. The van der Waals surface area contributed by atoms with E-state index >= 15 is 0 Å². The van der Waals surface area contributed by atoms with Gasteiger partial charge >= 0.3 is 6.18 Å². The lowest BCUT2D eigenvalue weighted by Crippen LogP contribution is -2.52. The fraction of sp³-hybridized carbons (Fsp3) is 0.259. The molecule has 39 heavy (non-hydrogen) atoms. The predicted molar refractivity (Wildman–Crippen MR) is 146 cm³/mol. The van der Waals surface area contributed by atoms with Gasteiger partial charge in [-0.3, -0.25) is 13.9 Å². The zero-order valence-electron chi connectivity index (χ0n) is 21.2. The van der Waals surface area contributed by atoms with Gasteiger partial charge in [-0.1, -0.05) is 64.5 Å². The van der Waals surface area contributed by atoms with Gasteiger partial charge in [-0.05, 0) is 41.5 Å². The summed E-state index contributed by atoms with van der Waals surface area (Å²) in [5, 5.41) is 2.56. The summed E-state index contributed by atoms with van der Waals surface area (Å²) in [4.78, 5) is 28.1. The van der Waals surface area contributed by atoms with Gasteiger partial charge in [0.05, 0.1) is 17.5 Å². The Kier molecular flexibility index (Phi) is 9.78. The number of halogens is 4. The SMILES string of the molecule is CNC(=O)[C@@H](Cc1ccccc1)N(Cc1ccc(Br)cc1)C(=O)CN(c1cccc(C(F)(F)F)c1)S(C)(=O)=O. The molecule has 1 atom stereocenters. The van der Waals surface area contributed by atoms with Crippen LogP contribution in [0, 0.1) is 0 Å². The number of amides is 2. The molecular formula is C27H27BrF3N3O4S. The smallest absolute Gasteiger partial charge is 0.357 e. The highest BCUT2D eigenvalue weighted by molar-refractivity contribution is 9.10. The molecule has 0 saturated heterocycles. The molecule has 208 valence electrons. The van der Waals surface area contributed by atoms with Crippen LogP contribution in [0.15, 0.2) is 83.3 Å². The third-order valence-electron chi connectivity index (χ3n) is 5.92. The second kappa shape index (κ2) is 12.6. The summed E-state index contributed by atoms with van der Waals surface area (Å²) >= 11 is 3.35. The first-order valence-electron chi connectivity index (χ1n) is 11.7. The Morgan fingerprint density at radius 1 is 0.949 bits per heavy atom. The molecule has 3 aromatic carbocycles. The summed E-state index contributed by atoms with van der Waals surface area (Å²) in [7, 11) is -2.76. The van der Waals surface area contributed by atoms with Crippen molar-refractivity contribution in [2.24, 2.45) is 0 Å². The Balaban J connectivity index is 2.04. The number of benzene rings is 3. The Hall–Kier alpha value is -3.38. The maximum absolute atomic E-state index is 13.8. The number of carbonyl (C=O) groups excluding carboxylic acids is 2. The van der Waals surface area contributed by atoms with Gasteiger partial charge in [-0.2, -0.15) is 13.2 Å². The Bertz CT molecular complexity index is 1400. The Morgan fingerprint density at radius 3 is 2.15 bits per heavy atom. The molecule has 2 amide bonds. The number of hydrogen-bond acceptors (Lipinski definition) is 4. The maximum Gasteiger partial charge on any atom is 0.416 e. The van der Waals surface area contributed by atoms with Crippen molar-refractivity contribution in [3.8, 4) is 0 Å². The van der Waals surface area contributed by atoms with Crippen LogP contribution in [0.5, 0.6) is 0 Å². The zero-order valence-corrected chi connectivity index (χ0v) is 23.6. The molecule has 1 N–H and O–H groups in total. The second-order valence-electron chi connectivity index (χ2n) is 8.79. The highest BCUT2D eigenvalue weighted by Gasteiger charge is 2.34. The van der Waals surface area contributed by atoms with Crippen molar-refractivity contribution in [3.63, 3.8) is 0 Å². The molecule has 7 nitrogen and oxygen atoms in total. The molecule has 0 aliphatic rings. The summed E-state index contributed by atoms with van der Waals surface area (Å²) in [6.45, 7) is -0.851. The van der Waals surface area contributed by atoms with E-state index in [9.17, 15) is 31.2 Å². The monoisotopic (exact) mass is 625 g/mol. The van der Waals surface area contributed by atoms with Crippen LogP contribution in [0.3, 0.4) is 0 Å². The van der Waals surface area contributed by atoms with E-state index in [-0.39, 0.29) is 18.7 Å². The average molecular weight is 626 g/mol. The number of likely N-dealkylation sites (N-methyl/N-ethyl adjacent to an activating group) is 1. The number of hydrogen-bond donors (Lipinski definition) is 1. The lowest BCUT2D eigenvalue weighted by Gasteiger charge is -2.33. The molecule has 12 heteroatoms. The minimum Gasteiger partial charge on any atom is -0.357 e. The predicted octanol–water partition coefficient (Wildman–Crippen LogP) is 4.62. The van der Waals surface area contributed by atoms with Crippen LogP contribution in [0.1, 0.15) is 16.7 Å². The molecule has 0 unspecified atom stereocenters. The van der Waals surface area contributed by atoms with E-state index in [1.807, 2.05) is 6.07 Å². The lowest BCUT2D eigenvalue weighted by atomic mass is 10.0. The van der Waals surface area contributed by atoms with Gasteiger partial charge in [0.15, 0.2) is 0 Å². The molecule has 0 heterocycles. The Labute approximate surface area is 233 Å². The van der Waals surface area contributed by atoms with Crippen molar-refractivity contribution in [2.75, 3.05) is 24.2 Å². The van der Waals surface area contributed by atoms with E-state index in [0.717, 1.165) is 28.4 Å². The van der Waals surface area contributed by atoms with Crippen LogP contribution in [0.25, 0.3) is 0 Å². The topological polar surface area (TPSA) is 86.8 Å².